The molecule has 4 aromatic rings. The summed E-state index contributed by atoms with van der Waals surface area (Å²) in [6, 6.07) is 21.1. The maximum absolute atomic E-state index is 12.7. The molecule has 35 heavy (non-hydrogen) atoms. The summed E-state index contributed by atoms with van der Waals surface area (Å²) in [5.41, 5.74) is 3.62. The lowest BCUT2D eigenvalue weighted by Crippen LogP contribution is -2.29. The second-order valence-electron chi connectivity index (χ2n) is 8.79. The van der Waals surface area contributed by atoms with Crippen LogP contribution < -0.4 is 5.32 Å². The number of carbonyl (C=O) groups is 3. The minimum atomic E-state index is -0.301. The Morgan fingerprint density at radius 3 is 2.20 bits per heavy atom. The second kappa shape index (κ2) is 8.32. The molecule has 0 atom stereocenters. The molecule has 1 aliphatic carbocycles. The molecule has 172 valence electrons. The summed E-state index contributed by atoms with van der Waals surface area (Å²) in [5, 5.41) is 10.2. The maximum Gasteiger partial charge on any atom is 0.261 e. The summed E-state index contributed by atoms with van der Waals surface area (Å²) < 4.78 is 0. The van der Waals surface area contributed by atoms with Crippen molar-refractivity contribution in [2.75, 3.05) is 5.32 Å². The predicted octanol–water partition coefficient (Wildman–Crippen LogP) is 4.40. The van der Waals surface area contributed by atoms with Crippen LogP contribution in [0.3, 0.4) is 0 Å². The quantitative estimate of drug-likeness (QED) is 0.412. The number of anilines is 1. The van der Waals surface area contributed by atoms with Crippen molar-refractivity contribution in [2.24, 2.45) is 0 Å². The molecule has 0 bridgehead atoms. The normalized spacial score (nSPS) is 14.8. The Hall–Kier alpha value is -4.59. The molecule has 3 aromatic carbocycles. The second-order valence-corrected chi connectivity index (χ2v) is 8.79. The highest BCUT2D eigenvalue weighted by Gasteiger charge is 2.35. The van der Waals surface area contributed by atoms with E-state index in [0.717, 1.165) is 29.8 Å². The summed E-state index contributed by atoms with van der Waals surface area (Å²) in [6.45, 7) is 0.152. The highest BCUT2D eigenvalue weighted by atomic mass is 16.2. The van der Waals surface area contributed by atoms with Gasteiger partial charge in [0.15, 0.2) is 5.82 Å². The molecule has 2 aliphatic rings. The third kappa shape index (κ3) is 3.99. The molecule has 0 saturated heterocycles. The van der Waals surface area contributed by atoms with E-state index in [1.807, 2.05) is 24.3 Å². The van der Waals surface area contributed by atoms with Crippen LogP contribution in [0.5, 0.6) is 0 Å². The number of aromatic nitrogens is 3. The van der Waals surface area contributed by atoms with Crippen LogP contribution in [0, 0.1) is 0 Å². The van der Waals surface area contributed by atoms with Gasteiger partial charge in [-0.1, -0.05) is 24.3 Å². The third-order valence-corrected chi connectivity index (χ3v) is 6.30. The van der Waals surface area contributed by atoms with Gasteiger partial charge in [-0.25, -0.2) is 4.98 Å². The number of benzene rings is 3. The van der Waals surface area contributed by atoms with Gasteiger partial charge in [0.2, 0.25) is 0 Å². The van der Waals surface area contributed by atoms with Crippen LogP contribution in [0.4, 0.5) is 5.69 Å². The van der Waals surface area contributed by atoms with Gasteiger partial charge < -0.3 is 5.32 Å². The number of nitrogens with zero attached hydrogens (tertiary/aromatic N) is 3. The molecular weight excluding hydrogens is 442 g/mol. The van der Waals surface area contributed by atoms with Crippen molar-refractivity contribution in [3.8, 4) is 11.4 Å². The minimum absolute atomic E-state index is 0.152. The Balaban J connectivity index is 1.09. The number of hydrogen-bond acceptors (Lipinski definition) is 5. The summed E-state index contributed by atoms with van der Waals surface area (Å²) in [5.74, 6) is 1.24. The van der Waals surface area contributed by atoms with Crippen LogP contribution in [0.25, 0.3) is 11.4 Å². The first-order valence-corrected chi connectivity index (χ1v) is 11.4. The lowest BCUT2D eigenvalue weighted by molar-refractivity contribution is 0.0642. The monoisotopic (exact) mass is 463 g/mol. The van der Waals surface area contributed by atoms with Gasteiger partial charge in [0.25, 0.3) is 17.7 Å². The number of rotatable bonds is 6. The van der Waals surface area contributed by atoms with Gasteiger partial charge in [-0.05, 0) is 66.9 Å². The fourth-order valence-electron chi connectivity index (χ4n) is 4.18. The molecular formula is C27H21N5O3. The summed E-state index contributed by atoms with van der Waals surface area (Å²) in [6.07, 6.45) is 2.31. The van der Waals surface area contributed by atoms with E-state index in [2.05, 4.69) is 20.5 Å². The molecule has 0 radical (unpaired) electrons. The molecule has 3 amide bonds. The van der Waals surface area contributed by atoms with E-state index in [1.54, 1.807) is 48.5 Å². The summed E-state index contributed by atoms with van der Waals surface area (Å²) >= 11 is 0. The standard InChI is InChI=1S/C27H21N5O3/c33-25(28-20-13-11-18(12-14-20)24-29-23(30-31-24)17-9-10-17)19-7-5-16(6-8-19)15-32-26(34)21-3-1-2-4-22(21)27(32)35/h1-8,11-14,17H,9-10,15H2,(H,28,33)(H,29,30,31). The van der Waals surface area contributed by atoms with Crippen molar-refractivity contribution in [3.63, 3.8) is 0 Å². The van der Waals surface area contributed by atoms with E-state index in [0.29, 0.717) is 34.1 Å². The van der Waals surface area contributed by atoms with Crippen molar-refractivity contribution < 1.29 is 14.4 Å². The number of imide groups is 1. The Labute approximate surface area is 201 Å². The van der Waals surface area contributed by atoms with Crippen LogP contribution in [0.15, 0.2) is 72.8 Å². The number of amides is 3. The largest absolute Gasteiger partial charge is 0.322 e. The van der Waals surface area contributed by atoms with E-state index in [4.69, 9.17) is 0 Å². The van der Waals surface area contributed by atoms with Gasteiger partial charge in [0.1, 0.15) is 5.82 Å². The van der Waals surface area contributed by atoms with E-state index < -0.39 is 0 Å². The van der Waals surface area contributed by atoms with Crippen LogP contribution in [0.2, 0.25) is 0 Å². The van der Waals surface area contributed by atoms with Gasteiger partial charge in [-0.2, -0.15) is 5.10 Å². The number of H-pyrrole nitrogens is 1. The van der Waals surface area contributed by atoms with E-state index >= 15 is 0 Å². The molecule has 1 aliphatic heterocycles. The zero-order chi connectivity index (χ0) is 23.9. The van der Waals surface area contributed by atoms with Gasteiger partial charge >= 0.3 is 0 Å². The number of aromatic amines is 1. The summed E-state index contributed by atoms with van der Waals surface area (Å²) in [4.78, 5) is 43.6. The Kier molecular flexibility index (Phi) is 4.99. The molecule has 8 heteroatoms. The number of hydrogen-bond donors (Lipinski definition) is 2. The third-order valence-electron chi connectivity index (χ3n) is 6.30. The van der Waals surface area contributed by atoms with E-state index in [9.17, 15) is 14.4 Å². The Morgan fingerprint density at radius 1 is 0.914 bits per heavy atom. The molecule has 1 saturated carbocycles. The van der Waals surface area contributed by atoms with Crippen molar-refractivity contribution in [1.82, 2.24) is 20.1 Å². The van der Waals surface area contributed by atoms with Gasteiger partial charge in [0.05, 0.1) is 17.7 Å². The fourth-order valence-corrected chi connectivity index (χ4v) is 4.18. The average Bonchev–Trinajstić information content (AvgIpc) is 3.58. The van der Waals surface area contributed by atoms with Crippen molar-refractivity contribution in [1.29, 1.82) is 0 Å². The fraction of sp³-hybridized carbons (Fsp3) is 0.148. The average molecular weight is 463 g/mol. The van der Waals surface area contributed by atoms with Crippen molar-refractivity contribution >= 4 is 23.4 Å². The van der Waals surface area contributed by atoms with Crippen molar-refractivity contribution in [2.45, 2.75) is 25.3 Å². The van der Waals surface area contributed by atoms with Crippen LogP contribution in [0.1, 0.15) is 61.2 Å². The number of carbonyl (C=O) groups excluding carboxylic acids is 3. The lowest BCUT2D eigenvalue weighted by Gasteiger charge is -2.14. The number of nitrogens with one attached hydrogen (secondary N) is 2. The van der Waals surface area contributed by atoms with E-state index in [1.165, 1.54) is 4.90 Å². The molecule has 6 rings (SSSR count). The van der Waals surface area contributed by atoms with Gasteiger partial charge in [0, 0.05) is 22.7 Å². The highest BCUT2D eigenvalue weighted by Crippen LogP contribution is 2.38. The zero-order valence-corrected chi connectivity index (χ0v) is 18.7. The molecule has 8 nitrogen and oxygen atoms in total. The highest BCUT2D eigenvalue weighted by molar-refractivity contribution is 6.21. The first-order valence-electron chi connectivity index (χ1n) is 11.4. The molecule has 0 spiro atoms. The predicted molar refractivity (Wildman–Crippen MR) is 129 cm³/mol. The molecule has 1 fully saturated rings. The Morgan fingerprint density at radius 2 is 1.57 bits per heavy atom. The first-order chi connectivity index (χ1) is 17.1. The molecule has 0 unspecified atom stereocenters. The zero-order valence-electron chi connectivity index (χ0n) is 18.7. The molecule has 2 N–H and O–H groups in total. The molecule has 2 heterocycles. The Bertz CT molecular complexity index is 1420. The maximum atomic E-state index is 12.7. The number of fused-ring (bicyclic) bond motifs is 1. The lowest BCUT2D eigenvalue weighted by atomic mass is 10.1. The van der Waals surface area contributed by atoms with Gasteiger partial charge in [-0.3, -0.25) is 24.4 Å². The SMILES string of the molecule is O=C(Nc1ccc(-c2n[nH]c(C3CC3)n2)cc1)c1ccc(CN2C(=O)c3ccccc3C2=O)cc1. The van der Waals surface area contributed by atoms with Crippen LogP contribution in [-0.4, -0.2) is 37.8 Å². The smallest absolute Gasteiger partial charge is 0.261 e. The minimum Gasteiger partial charge on any atom is -0.322 e. The van der Waals surface area contributed by atoms with Gasteiger partial charge in [-0.15, -0.1) is 0 Å². The topological polar surface area (TPSA) is 108 Å². The molecule has 1 aromatic heterocycles. The summed E-state index contributed by atoms with van der Waals surface area (Å²) in [7, 11) is 0. The first kappa shape index (κ1) is 21.0. The van der Waals surface area contributed by atoms with Crippen molar-refractivity contribution in [3.05, 3.63) is 101 Å². The van der Waals surface area contributed by atoms with Crippen LogP contribution >= 0.6 is 0 Å². The van der Waals surface area contributed by atoms with Crippen LogP contribution in [-0.2, 0) is 6.54 Å². The van der Waals surface area contributed by atoms with E-state index in [-0.39, 0.29) is 24.3 Å².